The van der Waals surface area contributed by atoms with Crippen molar-refractivity contribution in [3.05, 3.63) is 68.9 Å². The molecule has 0 radical (unpaired) electrons. The molecule has 6 nitrogen and oxygen atoms in total. The zero-order valence-electron chi connectivity index (χ0n) is 17.9. The number of nitrogens with zero attached hydrogens (tertiary/aromatic N) is 1. The van der Waals surface area contributed by atoms with Gasteiger partial charge in [0.25, 0.3) is 11.5 Å². The monoisotopic (exact) mass is 426 g/mol. The number of aromatic amines is 1. The number of pyridine rings is 1. The van der Waals surface area contributed by atoms with Crippen LogP contribution in [-0.2, 0) is 17.7 Å². The van der Waals surface area contributed by atoms with Crippen LogP contribution in [0.1, 0.15) is 65.1 Å². The van der Waals surface area contributed by atoms with Crippen LogP contribution < -0.4 is 5.56 Å². The summed E-state index contributed by atoms with van der Waals surface area (Å²) in [4.78, 5) is 43.1. The highest BCUT2D eigenvalue weighted by atomic mass is 19.1. The molecule has 0 spiro atoms. The first kappa shape index (κ1) is 21.4. The molecule has 1 aliphatic carbocycles. The SMILES string of the molecule is CC1(C)CC(=O)c2cc(C(=O)N(Cc3cccc(F)c3)CC3CCCO3)c(=O)[nH]c2C1. The highest BCUT2D eigenvalue weighted by Gasteiger charge is 2.33. The number of amides is 1. The number of carbonyl (C=O) groups is 2. The predicted molar refractivity (Wildman–Crippen MR) is 114 cm³/mol. The Balaban J connectivity index is 1.66. The third-order valence-corrected chi connectivity index (χ3v) is 5.95. The van der Waals surface area contributed by atoms with Crippen molar-refractivity contribution in [2.75, 3.05) is 13.2 Å². The fourth-order valence-corrected chi connectivity index (χ4v) is 4.47. The summed E-state index contributed by atoms with van der Waals surface area (Å²) in [6.45, 7) is 5.04. The van der Waals surface area contributed by atoms with Gasteiger partial charge in [0.1, 0.15) is 11.4 Å². The van der Waals surface area contributed by atoms with E-state index in [1.54, 1.807) is 12.1 Å². The molecule has 1 N–H and O–H groups in total. The third kappa shape index (κ3) is 4.77. The van der Waals surface area contributed by atoms with Gasteiger partial charge >= 0.3 is 0 Å². The van der Waals surface area contributed by atoms with Crippen molar-refractivity contribution >= 4 is 11.7 Å². The molecule has 1 amide bonds. The summed E-state index contributed by atoms with van der Waals surface area (Å²) in [5.41, 5.74) is 0.802. The lowest BCUT2D eigenvalue weighted by atomic mass is 9.75. The molecule has 1 saturated heterocycles. The van der Waals surface area contributed by atoms with Gasteiger partial charge in [-0.05, 0) is 48.4 Å². The normalized spacial score (nSPS) is 19.8. The molecule has 1 fully saturated rings. The Morgan fingerprint density at radius 2 is 2.06 bits per heavy atom. The number of rotatable bonds is 5. The van der Waals surface area contributed by atoms with E-state index in [0.717, 1.165) is 12.8 Å². The van der Waals surface area contributed by atoms with Crippen LogP contribution in [0.15, 0.2) is 35.1 Å². The lowest BCUT2D eigenvalue weighted by Gasteiger charge is -2.30. The van der Waals surface area contributed by atoms with Crippen molar-refractivity contribution in [3.8, 4) is 0 Å². The molecular weight excluding hydrogens is 399 g/mol. The summed E-state index contributed by atoms with van der Waals surface area (Å²) in [7, 11) is 0. The van der Waals surface area contributed by atoms with Crippen LogP contribution in [0.3, 0.4) is 0 Å². The van der Waals surface area contributed by atoms with Gasteiger partial charge in [0.2, 0.25) is 0 Å². The highest BCUT2D eigenvalue weighted by Crippen LogP contribution is 2.33. The molecule has 0 saturated carbocycles. The number of halogens is 1. The zero-order valence-corrected chi connectivity index (χ0v) is 17.9. The summed E-state index contributed by atoms with van der Waals surface area (Å²) in [5, 5.41) is 0. The minimum atomic E-state index is -0.508. The molecule has 164 valence electrons. The number of fused-ring (bicyclic) bond motifs is 1. The molecule has 2 aromatic rings. The Kier molecular flexibility index (Phi) is 5.79. The molecule has 1 atom stereocenters. The number of ether oxygens (including phenoxy) is 1. The van der Waals surface area contributed by atoms with E-state index in [9.17, 15) is 18.8 Å². The van der Waals surface area contributed by atoms with Crippen LogP contribution in [0.5, 0.6) is 0 Å². The van der Waals surface area contributed by atoms with Gasteiger partial charge in [-0.25, -0.2) is 4.39 Å². The number of aromatic nitrogens is 1. The quantitative estimate of drug-likeness (QED) is 0.794. The molecule has 7 heteroatoms. The summed E-state index contributed by atoms with van der Waals surface area (Å²) in [6, 6.07) is 7.48. The van der Waals surface area contributed by atoms with E-state index in [-0.39, 0.29) is 35.2 Å². The summed E-state index contributed by atoms with van der Waals surface area (Å²) < 4.78 is 19.4. The number of ketones is 1. The number of carbonyl (C=O) groups excluding carboxylic acids is 2. The molecular formula is C24H27FN2O4. The average Bonchev–Trinajstić information content (AvgIpc) is 3.19. The molecule has 1 unspecified atom stereocenters. The van der Waals surface area contributed by atoms with Gasteiger partial charge in [-0.3, -0.25) is 14.4 Å². The lowest BCUT2D eigenvalue weighted by molar-refractivity contribution is 0.0505. The fourth-order valence-electron chi connectivity index (χ4n) is 4.47. The smallest absolute Gasteiger partial charge is 0.261 e. The van der Waals surface area contributed by atoms with Gasteiger partial charge in [0, 0.05) is 37.4 Å². The van der Waals surface area contributed by atoms with Crippen LogP contribution in [0.4, 0.5) is 4.39 Å². The topological polar surface area (TPSA) is 79.5 Å². The number of hydrogen-bond acceptors (Lipinski definition) is 4. The number of hydrogen-bond donors (Lipinski definition) is 1. The number of benzene rings is 1. The van der Waals surface area contributed by atoms with Crippen LogP contribution in [0.25, 0.3) is 0 Å². The van der Waals surface area contributed by atoms with Gasteiger partial charge in [-0.2, -0.15) is 0 Å². The fraction of sp³-hybridized carbons (Fsp3) is 0.458. The standard InChI is InChI=1S/C24H27FN2O4/c1-24(2)11-20-18(21(28)12-24)10-19(22(29)26-20)23(30)27(14-17-7-4-8-31-17)13-15-5-3-6-16(25)9-15/h3,5-6,9-10,17H,4,7-8,11-14H2,1-2H3,(H,26,29). The van der Waals surface area contributed by atoms with Gasteiger partial charge in [0.05, 0.1) is 6.10 Å². The Hall–Kier alpha value is -2.80. The summed E-state index contributed by atoms with van der Waals surface area (Å²) in [6.07, 6.45) is 2.54. The summed E-state index contributed by atoms with van der Waals surface area (Å²) >= 11 is 0. The van der Waals surface area contributed by atoms with Crippen molar-refractivity contribution in [1.29, 1.82) is 0 Å². The van der Waals surface area contributed by atoms with Crippen molar-refractivity contribution in [1.82, 2.24) is 9.88 Å². The Morgan fingerprint density at radius 3 is 2.77 bits per heavy atom. The Bertz CT molecular complexity index is 1070. The van der Waals surface area contributed by atoms with E-state index in [1.807, 2.05) is 13.8 Å². The van der Waals surface area contributed by atoms with Crippen molar-refractivity contribution in [2.45, 2.75) is 52.2 Å². The van der Waals surface area contributed by atoms with Gasteiger partial charge in [0.15, 0.2) is 5.78 Å². The molecule has 2 heterocycles. The maximum absolute atomic E-state index is 13.7. The van der Waals surface area contributed by atoms with Crippen LogP contribution >= 0.6 is 0 Å². The maximum atomic E-state index is 13.7. The number of Topliss-reactive ketones (excluding diaryl/α,β-unsaturated/α-hetero) is 1. The molecule has 2 aliphatic rings. The van der Waals surface area contributed by atoms with Gasteiger partial charge in [-0.15, -0.1) is 0 Å². The predicted octanol–water partition coefficient (Wildman–Crippen LogP) is 3.49. The third-order valence-electron chi connectivity index (χ3n) is 5.95. The first-order chi connectivity index (χ1) is 14.7. The second-order valence-corrected chi connectivity index (χ2v) is 9.30. The first-order valence-corrected chi connectivity index (χ1v) is 10.7. The molecule has 1 aliphatic heterocycles. The molecule has 1 aromatic carbocycles. The van der Waals surface area contributed by atoms with E-state index in [2.05, 4.69) is 4.98 Å². The lowest BCUT2D eigenvalue weighted by Crippen LogP contribution is -2.40. The number of nitrogens with one attached hydrogen (secondary N) is 1. The van der Waals surface area contributed by atoms with E-state index in [0.29, 0.717) is 42.8 Å². The van der Waals surface area contributed by atoms with Crippen molar-refractivity contribution < 1.29 is 18.7 Å². The van der Waals surface area contributed by atoms with E-state index < -0.39 is 11.5 Å². The van der Waals surface area contributed by atoms with Crippen molar-refractivity contribution in [2.24, 2.45) is 5.41 Å². The van der Waals surface area contributed by atoms with Crippen LogP contribution in [0.2, 0.25) is 0 Å². The minimum absolute atomic E-state index is 0.0683. The molecule has 31 heavy (non-hydrogen) atoms. The van der Waals surface area contributed by atoms with Crippen LogP contribution in [-0.4, -0.2) is 40.8 Å². The zero-order chi connectivity index (χ0) is 22.2. The average molecular weight is 426 g/mol. The maximum Gasteiger partial charge on any atom is 0.261 e. The summed E-state index contributed by atoms with van der Waals surface area (Å²) in [5.74, 6) is -0.948. The van der Waals surface area contributed by atoms with E-state index in [4.69, 9.17) is 4.74 Å². The van der Waals surface area contributed by atoms with Crippen LogP contribution in [0, 0.1) is 11.2 Å². The minimum Gasteiger partial charge on any atom is -0.376 e. The highest BCUT2D eigenvalue weighted by molar-refractivity contribution is 6.02. The second kappa shape index (κ2) is 8.38. The second-order valence-electron chi connectivity index (χ2n) is 9.30. The first-order valence-electron chi connectivity index (χ1n) is 10.7. The molecule has 1 aromatic heterocycles. The number of H-pyrrole nitrogens is 1. The van der Waals surface area contributed by atoms with Gasteiger partial charge < -0.3 is 14.6 Å². The van der Waals surface area contributed by atoms with Gasteiger partial charge in [-0.1, -0.05) is 26.0 Å². The van der Waals surface area contributed by atoms with E-state index in [1.165, 1.54) is 23.1 Å². The molecule has 0 bridgehead atoms. The Labute approximate surface area is 180 Å². The van der Waals surface area contributed by atoms with Crippen molar-refractivity contribution in [3.63, 3.8) is 0 Å². The largest absolute Gasteiger partial charge is 0.376 e. The van der Waals surface area contributed by atoms with E-state index >= 15 is 0 Å². The Morgan fingerprint density at radius 1 is 1.26 bits per heavy atom. The molecule has 4 rings (SSSR count).